The molecule has 0 saturated carbocycles. The minimum absolute atomic E-state index is 0.0908. The zero-order chi connectivity index (χ0) is 22.5. The molecule has 0 bridgehead atoms. The number of carbonyl (C=O) groups is 2. The zero-order valence-corrected chi connectivity index (χ0v) is 18.6. The number of anilines is 2. The van der Waals surface area contributed by atoms with Gasteiger partial charge in [0.25, 0.3) is 0 Å². The molecular formula is C19H16Cl4N2O6. The van der Waals surface area contributed by atoms with E-state index in [0.29, 0.717) is 25.8 Å². The summed E-state index contributed by atoms with van der Waals surface area (Å²) in [5, 5.41) is 16.3. The van der Waals surface area contributed by atoms with Crippen molar-refractivity contribution in [3.8, 4) is 0 Å². The minimum atomic E-state index is -1.50. The monoisotopic (exact) mass is 508 g/mol. The van der Waals surface area contributed by atoms with Gasteiger partial charge >= 0.3 is 12.2 Å². The lowest BCUT2D eigenvalue weighted by Crippen LogP contribution is -2.50. The van der Waals surface area contributed by atoms with Crippen LogP contribution >= 0.6 is 46.4 Å². The third kappa shape index (κ3) is 7.03. The lowest BCUT2D eigenvalue weighted by atomic mass is 10.1. The van der Waals surface area contributed by atoms with Crippen molar-refractivity contribution in [2.45, 2.75) is 24.9 Å². The van der Waals surface area contributed by atoms with Gasteiger partial charge in [0.15, 0.2) is 12.4 Å². The van der Waals surface area contributed by atoms with Crippen LogP contribution in [-0.2, 0) is 14.2 Å². The molecule has 0 radical (unpaired) electrons. The van der Waals surface area contributed by atoms with Gasteiger partial charge in [-0.15, -0.1) is 0 Å². The van der Waals surface area contributed by atoms with Gasteiger partial charge < -0.3 is 19.3 Å². The molecular weight excluding hydrogens is 494 g/mol. The van der Waals surface area contributed by atoms with Gasteiger partial charge in [-0.1, -0.05) is 46.4 Å². The summed E-state index contributed by atoms with van der Waals surface area (Å²) in [6, 6.07) is 8.87. The fourth-order valence-electron chi connectivity index (χ4n) is 2.82. The molecule has 0 aliphatic carbocycles. The standard InChI is InChI=1S/C19H16Cl4N2O6/c20-9-3-10(21)6-13(5-9)24-18(27)30-15-1-2-29-17(26)16(15)31-19(28)25-14-7-11(22)4-12(23)8-14/h3-8,15-17,26H,1-2H2,(H,24,27)(H,25,28)/t15-,16-,17-/m1/s1. The summed E-state index contributed by atoms with van der Waals surface area (Å²) < 4.78 is 15.7. The Kier molecular flexibility index (Phi) is 8.10. The van der Waals surface area contributed by atoms with Gasteiger partial charge in [0.1, 0.15) is 6.10 Å². The van der Waals surface area contributed by atoms with E-state index >= 15 is 0 Å². The van der Waals surface area contributed by atoms with Crippen molar-refractivity contribution in [1.82, 2.24) is 0 Å². The third-order valence-electron chi connectivity index (χ3n) is 4.06. The first-order valence-electron chi connectivity index (χ1n) is 8.87. The van der Waals surface area contributed by atoms with Gasteiger partial charge in [-0.2, -0.15) is 0 Å². The van der Waals surface area contributed by atoms with Crippen LogP contribution in [0.5, 0.6) is 0 Å². The smallest absolute Gasteiger partial charge is 0.412 e. The zero-order valence-electron chi connectivity index (χ0n) is 15.6. The van der Waals surface area contributed by atoms with Gasteiger partial charge in [-0.25, -0.2) is 9.59 Å². The molecule has 0 aromatic heterocycles. The van der Waals surface area contributed by atoms with E-state index in [2.05, 4.69) is 10.6 Å². The van der Waals surface area contributed by atoms with Crippen LogP contribution in [0, 0.1) is 0 Å². The molecule has 1 fully saturated rings. The number of benzene rings is 2. The van der Waals surface area contributed by atoms with Crippen LogP contribution < -0.4 is 10.6 Å². The Morgan fingerprint density at radius 1 is 0.839 bits per heavy atom. The van der Waals surface area contributed by atoms with Crippen LogP contribution in [0.25, 0.3) is 0 Å². The second-order valence-electron chi connectivity index (χ2n) is 6.43. The van der Waals surface area contributed by atoms with Crippen molar-refractivity contribution < 1.29 is 28.9 Å². The Morgan fingerprint density at radius 2 is 1.29 bits per heavy atom. The molecule has 3 atom stereocenters. The topological polar surface area (TPSA) is 106 Å². The molecule has 2 aromatic rings. The van der Waals surface area contributed by atoms with Crippen molar-refractivity contribution in [2.24, 2.45) is 0 Å². The molecule has 0 unspecified atom stereocenters. The lowest BCUT2D eigenvalue weighted by Gasteiger charge is -2.34. The van der Waals surface area contributed by atoms with Crippen LogP contribution in [-0.4, -0.2) is 42.4 Å². The summed E-state index contributed by atoms with van der Waals surface area (Å²) in [6.45, 7) is 0.0908. The number of hydrogen-bond acceptors (Lipinski definition) is 6. The largest absolute Gasteiger partial charge is 0.442 e. The van der Waals surface area contributed by atoms with E-state index in [1.54, 1.807) is 0 Å². The highest BCUT2D eigenvalue weighted by Crippen LogP contribution is 2.26. The van der Waals surface area contributed by atoms with Crippen molar-refractivity contribution in [1.29, 1.82) is 0 Å². The van der Waals surface area contributed by atoms with Crippen molar-refractivity contribution in [3.05, 3.63) is 56.5 Å². The van der Waals surface area contributed by atoms with Crippen LogP contribution in [0.3, 0.4) is 0 Å². The number of nitrogens with one attached hydrogen (secondary N) is 2. The Morgan fingerprint density at radius 3 is 1.77 bits per heavy atom. The van der Waals surface area contributed by atoms with E-state index in [9.17, 15) is 14.7 Å². The van der Waals surface area contributed by atoms with E-state index in [1.807, 2.05) is 0 Å². The number of hydrogen-bond donors (Lipinski definition) is 3. The Hall–Kier alpha value is -1.94. The van der Waals surface area contributed by atoms with Gasteiger partial charge in [0.05, 0.1) is 6.61 Å². The predicted octanol–water partition coefficient (Wildman–Crippen LogP) is 5.57. The summed E-state index contributed by atoms with van der Waals surface area (Å²) in [5.74, 6) is 0. The molecule has 1 saturated heterocycles. The molecule has 0 spiro atoms. The molecule has 2 aromatic carbocycles. The van der Waals surface area contributed by atoms with Crippen LogP contribution in [0.1, 0.15) is 6.42 Å². The van der Waals surface area contributed by atoms with E-state index in [0.717, 1.165) is 0 Å². The molecule has 2 amide bonds. The highest BCUT2D eigenvalue weighted by Gasteiger charge is 2.39. The molecule has 12 heteroatoms. The molecule has 3 rings (SSSR count). The maximum Gasteiger partial charge on any atom is 0.412 e. The molecule has 1 aliphatic heterocycles. The second-order valence-corrected chi connectivity index (χ2v) is 8.18. The Balaban J connectivity index is 1.63. The predicted molar refractivity (Wildman–Crippen MR) is 117 cm³/mol. The number of amides is 2. The second kappa shape index (κ2) is 10.6. The van der Waals surface area contributed by atoms with E-state index in [-0.39, 0.29) is 18.7 Å². The normalized spacial score (nSPS) is 20.6. The number of aliphatic hydroxyl groups excluding tert-OH is 1. The highest BCUT2D eigenvalue weighted by atomic mass is 35.5. The average Bonchev–Trinajstić information content (AvgIpc) is 2.62. The highest BCUT2D eigenvalue weighted by molar-refractivity contribution is 6.35. The third-order valence-corrected chi connectivity index (χ3v) is 4.93. The number of aliphatic hydroxyl groups is 1. The summed E-state index contributed by atoms with van der Waals surface area (Å²) >= 11 is 23.6. The fraction of sp³-hybridized carbons (Fsp3) is 0.263. The first kappa shape index (κ1) is 23.7. The summed E-state index contributed by atoms with van der Waals surface area (Å²) in [4.78, 5) is 24.6. The van der Waals surface area contributed by atoms with E-state index in [1.165, 1.54) is 36.4 Å². The summed E-state index contributed by atoms with van der Waals surface area (Å²) in [6.07, 6.45) is -5.36. The number of ether oxygens (including phenoxy) is 3. The van der Waals surface area contributed by atoms with Crippen molar-refractivity contribution in [2.75, 3.05) is 17.2 Å². The maximum absolute atomic E-state index is 12.3. The van der Waals surface area contributed by atoms with Crippen LogP contribution in [0.2, 0.25) is 20.1 Å². The summed E-state index contributed by atoms with van der Waals surface area (Å²) in [7, 11) is 0. The van der Waals surface area contributed by atoms with Gasteiger partial charge in [-0.05, 0) is 36.4 Å². The van der Waals surface area contributed by atoms with Gasteiger partial charge in [0.2, 0.25) is 0 Å². The fourth-order valence-corrected chi connectivity index (χ4v) is 3.87. The number of halogens is 4. The van der Waals surface area contributed by atoms with Crippen LogP contribution in [0.15, 0.2) is 36.4 Å². The first-order chi connectivity index (χ1) is 14.7. The molecule has 1 aliphatic rings. The van der Waals surface area contributed by atoms with E-state index in [4.69, 9.17) is 60.6 Å². The maximum atomic E-state index is 12.3. The Labute approximate surface area is 197 Å². The van der Waals surface area contributed by atoms with Crippen molar-refractivity contribution in [3.63, 3.8) is 0 Å². The number of rotatable bonds is 4. The molecule has 1 heterocycles. The number of carbonyl (C=O) groups excluding carboxylic acids is 2. The van der Waals surface area contributed by atoms with Gasteiger partial charge in [0, 0.05) is 37.9 Å². The summed E-state index contributed by atoms with van der Waals surface area (Å²) in [5.41, 5.74) is 0.588. The Bertz CT molecular complexity index is 936. The van der Waals surface area contributed by atoms with Crippen LogP contribution in [0.4, 0.5) is 21.0 Å². The van der Waals surface area contributed by atoms with E-state index < -0.39 is 30.7 Å². The minimum Gasteiger partial charge on any atom is -0.442 e. The SMILES string of the molecule is O=C(Nc1cc(Cl)cc(Cl)c1)O[C@H]1[C@H](O)OCC[C@H]1OC(=O)Nc1cc(Cl)cc(Cl)c1. The van der Waals surface area contributed by atoms with Crippen molar-refractivity contribution >= 4 is 70.0 Å². The first-order valence-corrected chi connectivity index (χ1v) is 10.4. The quantitative estimate of drug-likeness (QED) is 0.497. The lowest BCUT2D eigenvalue weighted by molar-refractivity contribution is -0.217. The molecule has 3 N–H and O–H groups in total. The molecule has 31 heavy (non-hydrogen) atoms. The van der Waals surface area contributed by atoms with Gasteiger partial charge in [-0.3, -0.25) is 10.6 Å². The average molecular weight is 510 g/mol. The molecule has 8 nitrogen and oxygen atoms in total. The molecule has 166 valence electrons.